The predicted molar refractivity (Wildman–Crippen MR) is 70.2 cm³/mol. The lowest BCUT2D eigenvalue weighted by Crippen LogP contribution is -2.06. The molecule has 0 radical (unpaired) electrons. The average Bonchev–Trinajstić information content (AvgIpc) is 2.36. The van der Waals surface area contributed by atoms with Gasteiger partial charge in [0.1, 0.15) is 5.82 Å². The molecule has 0 amide bonds. The minimum Gasteiger partial charge on any atom is -0.380 e. The van der Waals surface area contributed by atoms with Gasteiger partial charge in [0.25, 0.3) is 0 Å². The predicted octanol–water partition coefficient (Wildman–Crippen LogP) is 5.11. The number of benzene rings is 2. The summed E-state index contributed by atoms with van der Waals surface area (Å²) in [7, 11) is 0. The summed E-state index contributed by atoms with van der Waals surface area (Å²) in [6, 6.07) is 8.97. The number of halogens is 5. The van der Waals surface area contributed by atoms with Crippen LogP contribution >= 0.6 is 11.6 Å². The molecule has 0 saturated heterocycles. The van der Waals surface area contributed by atoms with Crippen LogP contribution in [-0.4, -0.2) is 0 Å². The van der Waals surface area contributed by atoms with E-state index in [4.69, 9.17) is 11.6 Å². The Balaban J connectivity index is 2.11. The van der Waals surface area contributed by atoms with E-state index in [9.17, 15) is 17.6 Å². The van der Waals surface area contributed by atoms with Crippen molar-refractivity contribution >= 4 is 17.3 Å². The molecule has 20 heavy (non-hydrogen) atoms. The first-order valence-corrected chi connectivity index (χ1v) is 6.09. The minimum absolute atomic E-state index is 0.0313. The molecule has 6 heteroatoms. The van der Waals surface area contributed by atoms with Crippen LogP contribution in [0.15, 0.2) is 42.5 Å². The summed E-state index contributed by atoms with van der Waals surface area (Å²) >= 11 is 5.80. The van der Waals surface area contributed by atoms with Crippen LogP contribution in [0.25, 0.3) is 0 Å². The zero-order chi connectivity index (χ0) is 14.8. The normalized spacial score (nSPS) is 11.4. The molecule has 2 aromatic rings. The second-order valence-electron chi connectivity index (χ2n) is 4.18. The fourth-order valence-corrected chi connectivity index (χ4v) is 1.93. The van der Waals surface area contributed by atoms with Crippen molar-refractivity contribution in [2.75, 3.05) is 5.32 Å². The van der Waals surface area contributed by atoms with Gasteiger partial charge in [0.15, 0.2) is 0 Å². The molecular weight excluding hydrogens is 294 g/mol. The van der Waals surface area contributed by atoms with Crippen molar-refractivity contribution in [3.63, 3.8) is 0 Å². The molecule has 0 aromatic heterocycles. The van der Waals surface area contributed by atoms with Crippen LogP contribution in [0.1, 0.15) is 11.1 Å². The highest BCUT2D eigenvalue weighted by atomic mass is 35.5. The second kappa shape index (κ2) is 5.71. The second-order valence-corrected chi connectivity index (χ2v) is 4.58. The highest BCUT2D eigenvalue weighted by Crippen LogP contribution is 2.33. The first-order chi connectivity index (χ1) is 9.36. The zero-order valence-corrected chi connectivity index (χ0v) is 10.9. The molecule has 0 atom stereocenters. The van der Waals surface area contributed by atoms with Crippen molar-refractivity contribution in [1.29, 1.82) is 0 Å². The fourth-order valence-electron chi connectivity index (χ4n) is 1.68. The maximum Gasteiger partial charge on any atom is 0.416 e. The summed E-state index contributed by atoms with van der Waals surface area (Å²) in [5.41, 5.74) is 0.226. The van der Waals surface area contributed by atoms with Gasteiger partial charge in [0.2, 0.25) is 0 Å². The fraction of sp³-hybridized carbons (Fsp3) is 0.143. The van der Waals surface area contributed by atoms with Crippen LogP contribution in [0, 0.1) is 5.82 Å². The molecular formula is C14H10ClF4N. The van der Waals surface area contributed by atoms with Crippen molar-refractivity contribution in [3.05, 3.63) is 64.4 Å². The molecule has 1 nitrogen and oxygen atoms in total. The Kier molecular flexibility index (Phi) is 4.18. The largest absolute Gasteiger partial charge is 0.416 e. The summed E-state index contributed by atoms with van der Waals surface area (Å²) in [4.78, 5) is 0. The van der Waals surface area contributed by atoms with Gasteiger partial charge < -0.3 is 5.32 Å². The first kappa shape index (κ1) is 14.7. The lowest BCUT2D eigenvalue weighted by molar-refractivity contribution is -0.137. The summed E-state index contributed by atoms with van der Waals surface area (Å²) in [5, 5.41) is 2.84. The molecule has 0 heterocycles. The van der Waals surface area contributed by atoms with Gasteiger partial charge in [0, 0.05) is 6.54 Å². The molecule has 0 fully saturated rings. The van der Waals surface area contributed by atoms with E-state index in [0.717, 1.165) is 12.1 Å². The van der Waals surface area contributed by atoms with Gasteiger partial charge in [-0.3, -0.25) is 0 Å². The quantitative estimate of drug-likeness (QED) is 0.777. The van der Waals surface area contributed by atoms with E-state index in [-0.39, 0.29) is 17.4 Å². The molecule has 106 valence electrons. The molecule has 2 rings (SSSR count). The minimum atomic E-state index is -4.43. The monoisotopic (exact) mass is 303 g/mol. The molecule has 0 unspecified atom stereocenters. The van der Waals surface area contributed by atoms with Gasteiger partial charge >= 0.3 is 6.18 Å². The number of alkyl halides is 3. The molecule has 1 N–H and O–H groups in total. The number of hydrogen-bond acceptors (Lipinski definition) is 1. The zero-order valence-electron chi connectivity index (χ0n) is 10.1. The standard InChI is InChI=1S/C14H10ClF4N/c15-12-7-10(14(17,18)19)4-5-13(12)20-8-9-2-1-3-11(16)6-9/h1-7,20H,8H2. The Bertz CT molecular complexity index is 610. The Labute approximate surface area is 118 Å². The number of rotatable bonds is 3. The van der Waals surface area contributed by atoms with Crippen LogP contribution in [0.2, 0.25) is 5.02 Å². The molecule has 0 bridgehead atoms. The maximum atomic E-state index is 13.0. The molecule has 2 aromatic carbocycles. The Morgan fingerprint density at radius 2 is 1.80 bits per heavy atom. The summed E-state index contributed by atoms with van der Waals surface area (Å²) in [5.74, 6) is -0.372. The van der Waals surface area contributed by atoms with Crippen molar-refractivity contribution < 1.29 is 17.6 Å². The van der Waals surface area contributed by atoms with Crippen LogP contribution < -0.4 is 5.32 Å². The van der Waals surface area contributed by atoms with E-state index < -0.39 is 11.7 Å². The summed E-state index contributed by atoms with van der Waals surface area (Å²) in [6.07, 6.45) is -4.43. The smallest absolute Gasteiger partial charge is 0.380 e. The van der Waals surface area contributed by atoms with Gasteiger partial charge in [-0.2, -0.15) is 13.2 Å². The van der Waals surface area contributed by atoms with Gasteiger partial charge in [-0.25, -0.2) is 4.39 Å². The van der Waals surface area contributed by atoms with E-state index in [1.165, 1.54) is 18.2 Å². The van der Waals surface area contributed by atoms with Crippen LogP contribution in [0.5, 0.6) is 0 Å². The van der Waals surface area contributed by atoms with Gasteiger partial charge in [-0.1, -0.05) is 23.7 Å². The van der Waals surface area contributed by atoms with E-state index >= 15 is 0 Å². The van der Waals surface area contributed by atoms with Crippen LogP contribution in [-0.2, 0) is 12.7 Å². The number of nitrogens with one attached hydrogen (secondary N) is 1. The lowest BCUT2D eigenvalue weighted by Gasteiger charge is -2.12. The third kappa shape index (κ3) is 3.63. The van der Waals surface area contributed by atoms with Crippen molar-refractivity contribution in [2.24, 2.45) is 0 Å². The Morgan fingerprint density at radius 1 is 1.05 bits per heavy atom. The Morgan fingerprint density at radius 3 is 2.40 bits per heavy atom. The highest BCUT2D eigenvalue weighted by Gasteiger charge is 2.30. The van der Waals surface area contributed by atoms with Gasteiger partial charge in [-0.15, -0.1) is 0 Å². The highest BCUT2D eigenvalue weighted by molar-refractivity contribution is 6.33. The molecule has 0 spiro atoms. The summed E-state index contributed by atoms with van der Waals surface area (Å²) < 4.78 is 50.4. The van der Waals surface area contributed by atoms with E-state index in [1.54, 1.807) is 12.1 Å². The third-order valence-corrected chi connectivity index (χ3v) is 2.98. The maximum absolute atomic E-state index is 13.0. The number of hydrogen-bond donors (Lipinski definition) is 1. The van der Waals surface area contributed by atoms with E-state index in [1.807, 2.05) is 0 Å². The van der Waals surface area contributed by atoms with Crippen molar-refractivity contribution in [1.82, 2.24) is 0 Å². The average molecular weight is 304 g/mol. The van der Waals surface area contributed by atoms with Gasteiger partial charge in [-0.05, 0) is 35.9 Å². The van der Waals surface area contributed by atoms with E-state index in [0.29, 0.717) is 11.3 Å². The van der Waals surface area contributed by atoms with E-state index in [2.05, 4.69) is 5.32 Å². The Hall–Kier alpha value is -1.75. The first-order valence-electron chi connectivity index (χ1n) is 5.71. The van der Waals surface area contributed by atoms with Crippen LogP contribution in [0.4, 0.5) is 23.2 Å². The summed E-state index contributed by atoms with van der Waals surface area (Å²) in [6.45, 7) is 0.267. The van der Waals surface area contributed by atoms with Crippen LogP contribution in [0.3, 0.4) is 0 Å². The third-order valence-electron chi connectivity index (χ3n) is 2.67. The molecule has 0 saturated carbocycles. The topological polar surface area (TPSA) is 12.0 Å². The molecule has 0 aliphatic heterocycles. The lowest BCUT2D eigenvalue weighted by atomic mass is 10.2. The molecule has 0 aliphatic carbocycles. The van der Waals surface area contributed by atoms with Crippen molar-refractivity contribution in [2.45, 2.75) is 12.7 Å². The van der Waals surface area contributed by atoms with Crippen molar-refractivity contribution in [3.8, 4) is 0 Å². The SMILES string of the molecule is Fc1cccc(CNc2ccc(C(F)(F)F)cc2Cl)c1. The van der Waals surface area contributed by atoms with Gasteiger partial charge in [0.05, 0.1) is 16.3 Å². The number of anilines is 1. The molecule has 0 aliphatic rings.